The van der Waals surface area contributed by atoms with Crippen LogP contribution < -0.4 is 0 Å². The summed E-state index contributed by atoms with van der Waals surface area (Å²) in [6.45, 7) is 10.9. The second-order valence-electron chi connectivity index (χ2n) is 6.95. The number of hydrogen-bond donors (Lipinski definition) is 1. The molecule has 0 bridgehead atoms. The molecule has 0 atom stereocenters. The Hall–Kier alpha value is -1.16. The molecule has 0 aliphatic rings. The van der Waals surface area contributed by atoms with Crippen LogP contribution in [0.1, 0.15) is 63.6 Å². The molecule has 0 radical (unpaired) electrons. The molecule has 0 heterocycles. The average Bonchev–Trinajstić information content (AvgIpc) is 2.45. The third-order valence-electron chi connectivity index (χ3n) is 3.61. The van der Waals surface area contributed by atoms with Crippen molar-refractivity contribution in [3.63, 3.8) is 0 Å². The lowest BCUT2D eigenvalue weighted by molar-refractivity contribution is -0.143. The van der Waals surface area contributed by atoms with Crippen LogP contribution in [0.3, 0.4) is 0 Å². The van der Waals surface area contributed by atoms with Gasteiger partial charge in [-0.05, 0) is 24.3 Å². The van der Waals surface area contributed by atoms with Crippen molar-refractivity contribution in [1.82, 2.24) is 0 Å². The SMILES string of the molecule is CCCCOC(=O)CCSCc1cc(C)cc(C(C)(C)C)c1O. The first kappa shape index (κ1) is 19.9. The van der Waals surface area contributed by atoms with E-state index in [1.54, 1.807) is 11.8 Å². The van der Waals surface area contributed by atoms with Gasteiger partial charge in [-0.3, -0.25) is 4.79 Å². The smallest absolute Gasteiger partial charge is 0.306 e. The highest BCUT2D eigenvalue weighted by Gasteiger charge is 2.20. The largest absolute Gasteiger partial charge is 0.507 e. The van der Waals surface area contributed by atoms with E-state index in [-0.39, 0.29) is 11.4 Å². The van der Waals surface area contributed by atoms with Gasteiger partial charge in [0.15, 0.2) is 0 Å². The van der Waals surface area contributed by atoms with Gasteiger partial charge >= 0.3 is 5.97 Å². The van der Waals surface area contributed by atoms with Crippen LogP contribution in [0, 0.1) is 6.92 Å². The minimum Gasteiger partial charge on any atom is -0.507 e. The van der Waals surface area contributed by atoms with Crippen LogP contribution in [-0.2, 0) is 20.7 Å². The number of rotatable bonds is 8. The molecule has 0 fully saturated rings. The number of aromatic hydroxyl groups is 1. The molecule has 130 valence electrons. The predicted octanol–water partition coefficient (Wildman–Crippen LogP) is 4.96. The zero-order chi connectivity index (χ0) is 17.5. The van der Waals surface area contributed by atoms with Crippen LogP contribution in [0.4, 0.5) is 0 Å². The van der Waals surface area contributed by atoms with Crippen molar-refractivity contribution in [3.05, 3.63) is 28.8 Å². The highest BCUT2D eigenvalue weighted by Crippen LogP contribution is 2.35. The molecule has 1 aromatic carbocycles. The summed E-state index contributed by atoms with van der Waals surface area (Å²) in [6.07, 6.45) is 2.38. The number of hydrogen-bond acceptors (Lipinski definition) is 4. The van der Waals surface area contributed by atoms with E-state index in [0.717, 1.165) is 29.5 Å². The Morgan fingerprint density at radius 2 is 2.00 bits per heavy atom. The summed E-state index contributed by atoms with van der Waals surface area (Å²) in [5.74, 6) is 1.68. The maximum absolute atomic E-state index is 11.6. The third-order valence-corrected chi connectivity index (χ3v) is 4.62. The molecule has 1 aromatic rings. The van der Waals surface area contributed by atoms with Gasteiger partial charge in [-0.2, -0.15) is 11.8 Å². The molecule has 0 spiro atoms. The maximum atomic E-state index is 11.6. The van der Waals surface area contributed by atoms with Gasteiger partial charge in [-0.25, -0.2) is 0 Å². The highest BCUT2D eigenvalue weighted by molar-refractivity contribution is 7.98. The summed E-state index contributed by atoms with van der Waals surface area (Å²) in [5.41, 5.74) is 2.99. The molecule has 23 heavy (non-hydrogen) atoms. The Labute approximate surface area is 144 Å². The number of unbranched alkanes of at least 4 members (excludes halogenated alkanes) is 1. The van der Waals surface area contributed by atoms with E-state index in [1.807, 2.05) is 13.0 Å². The van der Waals surface area contributed by atoms with E-state index in [9.17, 15) is 9.90 Å². The van der Waals surface area contributed by atoms with Crippen LogP contribution >= 0.6 is 11.8 Å². The standard InChI is InChI=1S/C19H30O3S/c1-6-7-9-22-17(20)8-10-23-13-15-11-14(2)12-16(18(15)21)19(3,4)5/h11-12,21H,6-10,13H2,1-5H3. The van der Waals surface area contributed by atoms with Crippen molar-refractivity contribution < 1.29 is 14.6 Å². The molecule has 4 heteroatoms. The Morgan fingerprint density at radius 3 is 2.61 bits per heavy atom. The molecule has 0 aliphatic carbocycles. The van der Waals surface area contributed by atoms with Gasteiger partial charge in [-0.1, -0.05) is 51.8 Å². The van der Waals surface area contributed by atoms with Crippen molar-refractivity contribution >= 4 is 17.7 Å². The number of phenolic OH excluding ortho intramolecular Hbond substituents is 1. The van der Waals surface area contributed by atoms with Crippen LogP contribution in [0.5, 0.6) is 5.75 Å². The molecule has 0 saturated heterocycles. The van der Waals surface area contributed by atoms with E-state index in [0.29, 0.717) is 30.3 Å². The molecule has 0 aromatic heterocycles. The number of esters is 1. The second-order valence-corrected chi connectivity index (χ2v) is 8.05. The Kier molecular flexibility index (Phi) is 7.97. The van der Waals surface area contributed by atoms with Crippen molar-refractivity contribution in [2.75, 3.05) is 12.4 Å². The van der Waals surface area contributed by atoms with Crippen molar-refractivity contribution in [2.45, 2.75) is 65.0 Å². The summed E-state index contributed by atoms with van der Waals surface area (Å²) < 4.78 is 5.14. The van der Waals surface area contributed by atoms with Gasteiger partial charge < -0.3 is 9.84 Å². The van der Waals surface area contributed by atoms with Gasteiger partial charge in [0.05, 0.1) is 13.0 Å². The lowest BCUT2D eigenvalue weighted by Crippen LogP contribution is -2.12. The first-order valence-corrected chi connectivity index (χ1v) is 9.47. The van der Waals surface area contributed by atoms with Crippen LogP contribution in [0.25, 0.3) is 0 Å². The maximum Gasteiger partial charge on any atom is 0.306 e. The van der Waals surface area contributed by atoms with E-state index < -0.39 is 0 Å². The van der Waals surface area contributed by atoms with Crippen molar-refractivity contribution in [3.8, 4) is 5.75 Å². The number of ether oxygens (including phenoxy) is 1. The first-order valence-electron chi connectivity index (χ1n) is 8.32. The second kappa shape index (κ2) is 9.21. The molecular formula is C19H30O3S. The van der Waals surface area contributed by atoms with Crippen molar-refractivity contribution in [2.24, 2.45) is 0 Å². The van der Waals surface area contributed by atoms with Crippen LogP contribution in [-0.4, -0.2) is 23.4 Å². The summed E-state index contributed by atoms with van der Waals surface area (Å²) in [6, 6.07) is 4.08. The third kappa shape index (κ3) is 6.86. The van der Waals surface area contributed by atoms with Crippen LogP contribution in [0.15, 0.2) is 12.1 Å². The van der Waals surface area contributed by atoms with Gasteiger partial charge in [0, 0.05) is 17.1 Å². The van der Waals surface area contributed by atoms with E-state index in [1.165, 1.54) is 0 Å². The van der Waals surface area contributed by atoms with Crippen LogP contribution in [0.2, 0.25) is 0 Å². The average molecular weight is 339 g/mol. The minimum atomic E-state index is -0.130. The number of benzene rings is 1. The molecule has 0 amide bonds. The summed E-state index contributed by atoms with van der Waals surface area (Å²) in [7, 11) is 0. The Morgan fingerprint density at radius 1 is 1.30 bits per heavy atom. The van der Waals surface area contributed by atoms with Gasteiger partial charge in [-0.15, -0.1) is 0 Å². The molecule has 0 saturated carbocycles. The van der Waals surface area contributed by atoms with Crippen molar-refractivity contribution in [1.29, 1.82) is 0 Å². The zero-order valence-electron chi connectivity index (χ0n) is 15.1. The molecular weight excluding hydrogens is 308 g/mol. The normalized spacial score (nSPS) is 11.5. The lowest BCUT2D eigenvalue weighted by Gasteiger charge is -2.23. The lowest BCUT2D eigenvalue weighted by atomic mass is 9.84. The molecule has 1 rings (SSSR count). The molecule has 0 unspecified atom stereocenters. The fourth-order valence-corrected chi connectivity index (χ4v) is 3.17. The molecule has 1 N–H and O–H groups in total. The number of phenols is 1. The van der Waals surface area contributed by atoms with E-state index in [4.69, 9.17) is 4.74 Å². The van der Waals surface area contributed by atoms with Gasteiger partial charge in [0.2, 0.25) is 0 Å². The number of carbonyl (C=O) groups excluding carboxylic acids is 1. The minimum absolute atomic E-state index is 0.0847. The highest BCUT2D eigenvalue weighted by atomic mass is 32.2. The quantitative estimate of drug-likeness (QED) is 0.537. The number of thioether (sulfide) groups is 1. The Balaban J connectivity index is 2.52. The van der Waals surface area contributed by atoms with Gasteiger partial charge in [0.1, 0.15) is 5.75 Å². The van der Waals surface area contributed by atoms with E-state index in [2.05, 4.69) is 33.8 Å². The zero-order valence-corrected chi connectivity index (χ0v) is 15.9. The van der Waals surface area contributed by atoms with E-state index >= 15 is 0 Å². The molecule has 0 aliphatic heterocycles. The van der Waals surface area contributed by atoms with Gasteiger partial charge in [0.25, 0.3) is 0 Å². The fourth-order valence-electron chi connectivity index (χ4n) is 2.28. The summed E-state index contributed by atoms with van der Waals surface area (Å²) in [5, 5.41) is 10.5. The fraction of sp³-hybridized carbons (Fsp3) is 0.632. The number of carbonyl (C=O) groups is 1. The summed E-state index contributed by atoms with van der Waals surface area (Å²) >= 11 is 1.66. The monoisotopic (exact) mass is 338 g/mol. The predicted molar refractivity (Wildman–Crippen MR) is 98.2 cm³/mol. The molecule has 3 nitrogen and oxygen atoms in total. The summed E-state index contributed by atoms with van der Waals surface area (Å²) in [4.78, 5) is 11.6. The Bertz CT molecular complexity index is 518. The first-order chi connectivity index (χ1) is 10.8. The number of aryl methyl sites for hydroxylation is 1. The topological polar surface area (TPSA) is 46.5 Å².